The molecule has 0 saturated carbocycles. The standard InChI is InChI=1S/C11H15BrO/c1-4-10(13)9-6-7(2)5-8(3)11(9)12/h5-6,10,13H,4H2,1-3H3. The number of hydrogen-bond acceptors (Lipinski definition) is 1. The van der Waals surface area contributed by atoms with E-state index in [-0.39, 0.29) is 6.10 Å². The maximum absolute atomic E-state index is 9.73. The van der Waals surface area contributed by atoms with E-state index in [2.05, 4.69) is 22.0 Å². The van der Waals surface area contributed by atoms with Crippen LogP contribution in [0.15, 0.2) is 16.6 Å². The van der Waals surface area contributed by atoms with Gasteiger partial charge in [0.05, 0.1) is 6.10 Å². The van der Waals surface area contributed by atoms with Crippen LogP contribution in [0.2, 0.25) is 0 Å². The number of aliphatic hydroxyl groups excluding tert-OH is 1. The molecule has 0 saturated heterocycles. The summed E-state index contributed by atoms with van der Waals surface area (Å²) < 4.78 is 1.03. The molecule has 0 aliphatic heterocycles. The highest BCUT2D eigenvalue weighted by molar-refractivity contribution is 9.10. The first-order chi connectivity index (χ1) is 6.06. The van der Waals surface area contributed by atoms with Crippen LogP contribution in [-0.2, 0) is 0 Å². The molecule has 0 aromatic heterocycles. The Kier molecular flexibility index (Phi) is 3.51. The molecular formula is C11H15BrO. The maximum atomic E-state index is 9.73. The highest BCUT2D eigenvalue weighted by Crippen LogP contribution is 2.29. The second-order valence-electron chi connectivity index (χ2n) is 3.41. The van der Waals surface area contributed by atoms with E-state index < -0.39 is 0 Å². The van der Waals surface area contributed by atoms with Crippen LogP contribution in [0.3, 0.4) is 0 Å². The van der Waals surface area contributed by atoms with Crippen LogP contribution < -0.4 is 0 Å². The van der Waals surface area contributed by atoms with Gasteiger partial charge in [-0.1, -0.05) is 40.5 Å². The average molecular weight is 243 g/mol. The molecule has 1 aromatic rings. The largest absolute Gasteiger partial charge is 0.388 e. The molecule has 1 rings (SSSR count). The van der Waals surface area contributed by atoms with Crippen LogP contribution in [-0.4, -0.2) is 5.11 Å². The second kappa shape index (κ2) is 4.25. The van der Waals surface area contributed by atoms with Crippen LogP contribution in [0.4, 0.5) is 0 Å². The van der Waals surface area contributed by atoms with E-state index in [9.17, 15) is 5.11 Å². The number of aryl methyl sites for hydroxylation is 2. The van der Waals surface area contributed by atoms with Gasteiger partial charge in [0.15, 0.2) is 0 Å². The summed E-state index contributed by atoms with van der Waals surface area (Å²) in [5.41, 5.74) is 3.38. The molecular weight excluding hydrogens is 228 g/mol. The molecule has 1 N–H and O–H groups in total. The fourth-order valence-corrected chi connectivity index (χ4v) is 1.94. The Morgan fingerprint density at radius 3 is 2.54 bits per heavy atom. The molecule has 2 heteroatoms. The van der Waals surface area contributed by atoms with Crippen LogP contribution in [0.25, 0.3) is 0 Å². The van der Waals surface area contributed by atoms with Crippen LogP contribution in [0.5, 0.6) is 0 Å². The predicted molar refractivity (Wildman–Crippen MR) is 58.9 cm³/mol. The first kappa shape index (κ1) is 10.7. The number of aliphatic hydroxyl groups is 1. The third-order valence-electron chi connectivity index (χ3n) is 2.17. The smallest absolute Gasteiger partial charge is 0.0798 e. The molecule has 0 fully saturated rings. The quantitative estimate of drug-likeness (QED) is 0.842. The molecule has 0 radical (unpaired) electrons. The van der Waals surface area contributed by atoms with Crippen LogP contribution in [0.1, 0.15) is 36.1 Å². The van der Waals surface area contributed by atoms with Crippen molar-refractivity contribution in [2.24, 2.45) is 0 Å². The molecule has 1 atom stereocenters. The zero-order valence-electron chi connectivity index (χ0n) is 8.26. The first-order valence-corrected chi connectivity index (χ1v) is 5.30. The van der Waals surface area contributed by atoms with Crippen molar-refractivity contribution in [2.75, 3.05) is 0 Å². The van der Waals surface area contributed by atoms with E-state index in [1.54, 1.807) is 0 Å². The first-order valence-electron chi connectivity index (χ1n) is 4.51. The molecule has 0 heterocycles. The van der Waals surface area contributed by atoms with Crippen molar-refractivity contribution in [1.82, 2.24) is 0 Å². The number of benzene rings is 1. The zero-order chi connectivity index (χ0) is 10.0. The zero-order valence-corrected chi connectivity index (χ0v) is 9.85. The Morgan fingerprint density at radius 1 is 1.38 bits per heavy atom. The molecule has 0 spiro atoms. The van der Waals surface area contributed by atoms with Crippen molar-refractivity contribution in [3.8, 4) is 0 Å². The van der Waals surface area contributed by atoms with Crippen LogP contribution >= 0.6 is 15.9 Å². The number of rotatable bonds is 2. The van der Waals surface area contributed by atoms with E-state index in [1.807, 2.05) is 26.8 Å². The van der Waals surface area contributed by atoms with Gasteiger partial charge in [0.1, 0.15) is 0 Å². The Balaban J connectivity index is 3.20. The predicted octanol–water partition coefficient (Wildman–Crippen LogP) is 3.51. The van der Waals surface area contributed by atoms with Crippen molar-refractivity contribution in [1.29, 1.82) is 0 Å². The van der Waals surface area contributed by atoms with Crippen molar-refractivity contribution in [2.45, 2.75) is 33.3 Å². The minimum absolute atomic E-state index is 0.354. The number of hydrogen-bond donors (Lipinski definition) is 1. The van der Waals surface area contributed by atoms with Gasteiger partial charge in [0, 0.05) is 4.47 Å². The molecule has 13 heavy (non-hydrogen) atoms. The topological polar surface area (TPSA) is 20.2 Å². The molecule has 0 bridgehead atoms. The van der Waals surface area contributed by atoms with Crippen molar-refractivity contribution >= 4 is 15.9 Å². The van der Waals surface area contributed by atoms with Crippen molar-refractivity contribution in [3.63, 3.8) is 0 Å². The summed E-state index contributed by atoms with van der Waals surface area (Å²) in [6.07, 6.45) is 0.398. The monoisotopic (exact) mass is 242 g/mol. The lowest BCUT2D eigenvalue weighted by Crippen LogP contribution is -1.98. The van der Waals surface area contributed by atoms with Gasteiger partial charge in [0.2, 0.25) is 0 Å². The molecule has 72 valence electrons. The molecule has 1 aromatic carbocycles. The summed E-state index contributed by atoms with van der Waals surface area (Å²) in [4.78, 5) is 0. The highest BCUT2D eigenvalue weighted by atomic mass is 79.9. The van der Waals surface area contributed by atoms with Crippen LogP contribution in [0, 0.1) is 13.8 Å². The summed E-state index contributed by atoms with van der Waals surface area (Å²) in [5.74, 6) is 0. The van der Waals surface area contributed by atoms with E-state index in [4.69, 9.17) is 0 Å². The third-order valence-corrected chi connectivity index (χ3v) is 3.26. The van der Waals surface area contributed by atoms with Gasteiger partial charge in [0.25, 0.3) is 0 Å². The van der Waals surface area contributed by atoms with Gasteiger partial charge in [-0.2, -0.15) is 0 Å². The fraction of sp³-hybridized carbons (Fsp3) is 0.455. The summed E-state index contributed by atoms with van der Waals surface area (Å²) >= 11 is 3.50. The lowest BCUT2D eigenvalue weighted by molar-refractivity contribution is 0.173. The highest BCUT2D eigenvalue weighted by Gasteiger charge is 2.11. The Bertz CT molecular complexity index is 307. The van der Waals surface area contributed by atoms with Crippen molar-refractivity contribution in [3.05, 3.63) is 33.3 Å². The molecule has 0 amide bonds. The molecule has 0 aliphatic rings. The lowest BCUT2D eigenvalue weighted by atomic mass is 10.0. The minimum atomic E-state index is -0.354. The minimum Gasteiger partial charge on any atom is -0.388 e. The number of halogens is 1. The normalized spacial score (nSPS) is 13.0. The molecule has 1 unspecified atom stereocenters. The van der Waals surface area contributed by atoms with Gasteiger partial charge < -0.3 is 5.11 Å². The van der Waals surface area contributed by atoms with Crippen molar-refractivity contribution < 1.29 is 5.11 Å². The van der Waals surface area contributed by atoms with Gasteiger partial charge in [-0.15, -0.1) is 0 Å². The Hall–Kier alpha value is -0.340. The lowest BCUT2D eigenvalue weighted by Gasteiger charge is -2.13. The molecule has 0 aliphatic carbocycles. The van der Waals surface area contributed by atoms with Gasteiger partial charge in [-0.25, -0.2) is 0 Å². The third kappa shape index (κ3) is 2.32. The second-order valence-corrected chi connectivity index (χ2v) is 4.20. The summed E-state index contributed by atoms with van der Waals surface area (Å²) in [5, 5.41) is 9.73. The van der Waals surface area contributed by atoms with Gasteiger partial charge in [-0.3, -0.25) is 0 Å². The fourth-order valence-electron chi connectivity index (χ4n) is 1.45. The average Bonchev–Trinajstić information content (AvgIpc) is 2.10. The summed E-state index contributed by atoms with van der Waals surface area (Å²) in [6.45, 7) is 6.07. The SMILES string of the molecule is CCC(O)c1cc(C)cc(C)c1Br. The van der Waals surface area contributed by atoms with Gasteiger partial charge >= 0.3 is 0 Å². The van der Waals surface area contributed by atoms with E-state index in [1.165, 1.54) is 11.1 Å². The maximum Gasteiger partial charge on any atom is 0.0798 e. The molecule has 1 nitrogen and oxygen atoms in total. The summed E-state index contributed by atoms with van der Waals surface area (Å²) in [7, 11) is 0. The van der Waals surface area contributed by atoms with Gasteiger partial charge in [-0.05, 0) is 31.4 Å². The summed E-state index contributed by atoms with van der Waals surface area (Å²) in [6, 6.07) is 4.14. The van der Waals surface area contributed by atoms with E-state index in [0.717, 1.165) is 16.5 Å². The van der Waals surface area contributed by atoms with E-state index >= 15 is 0 Å². The Labute approximate surface area is 87.9 Å². The Morgan fingerprint density at radius 2 is 2.00 bits per heavy atom. The van der Waals surface area contributed by atoms with E-state index in [0.29, 0.717) is 0 Å².